The Bertz CT molecular complexity index is 1400. The minimum absolute atomic E-state index is 0.344. The van der Waals surface area contributed by atoms with Crippen LogP contribution in [0.25, 0.3) is 10.9 Å². The largest absolute Gasteiger partial charge is 0.488 e. The summed E-state index contributed by atoms with van der Waals surface area (Å²) in [5.41, 5.74) is 3.91. The van der Waals surface area contributed by atoms with E-state index in [1.54, 1.807) is 6.33 Å². The van der Waals surface area contributed by atoms with Gasteiger partial charge in [0.05, 0.1) is 29.2 Å². The number of fused-ring (bicyclic) bond motifs is 5. The standard InChI is InChI=1S/C28H31N7O2/c1-3-10-32-34-12-8-22(9-13-34)37-25-7-4-20(15-19(25)2)33-28-26-23(30-18-31-28)5-6-24-27(26)36-17-21-16-29-11-14-35(21)24/h4-10,12,15,18,21,29H,3,11,13-14,16-17H2,1-2H3,(H,30,31,33)/b32-10-. The monoisotopic (exact) mass is 497 g/mol. The number of piperazine rings is 1. The van der Waals surface area contributed by atoms with E-state index in [4.69, 9.17) is 9.47 Å². The average Bonchev–Trinajstić information content (AvgIpc) is 2.94. The molecule has 3 aliphatic rings. The summed E-state index contributed by atoms with van der Waals surface area (Å²) in [6.07, 6.45) is 10.3. The van der Waals surface area contributed by atoms with Gasteiger partial charge in [-0.1, -0.05) is 6.92 Å². The zero-order chi connectivity index (χ0) is 25.2. The van der Waals surface area contributed by atoms with Crippen molar-refractivity contribution in [1.82, 2.24) is 20.3 Å². The van der Waals surface area contributed by atoms with E-state index in [-0.39, 0.29) is 0 Å². The molecule has 9 heteroatoms. The highest BCUT2D eigenvalue weighted by molar-refractivity contribution is 6.00. The zero-order valence-electron chi connectivity index (χ0n) is 21.1. The second kappa shape index (κ2) is 10.1. The number of benzene rings is 2. The summed E-state index contributed by atoms with van der Waals surface area (Å²) in [4.78, 5) is 11.5. The number of hydrogen-bond acceptors (Lipinski definition) is 9. The van der Waals surface area contributed by atoms with E-state index in [1.165, 1.54) is 0 Å². The van der Waals surface area contributed by atoms with Gasteiger partial charge in [-0.05, 0) is 61.4 Å². The molecule has 0 amide bonds. The van der Waals surface area contributed by atoms with Gasteiger partial charge >= 0.3 is 0 Å². The van der Waals surface area contributed by atoms with Crippen molar-refractivity contribution in [2.24, 2.45) is 5.10 Å². The highest BCUT2D eigenvalue weighted by Crippen LogP contribution is 2.43. The Morgan fingerprint density at radius 3 is 3.05 bits per heavy atom. The highest BCUT2D eigenvalue weighted by Gasteiger charge is 2.31. The van der Waals surface area contributed by atoms with Gasteiger partial charge in [0.15, 0.2) is 5.75 Å². The maximum Gasteiger partial charge on any atom is 0.155 e. The van der Waals surface area contributed by atoms with Crippen molar-refractivity contribution in [3.8, 4) is 11.5 Å². The molecule has 2 aromatic carbocycles. The molecular formula is C28H31N7O2. The lowest BCUT2D eigenvalue weighted by molar-refractivity contribution is 0.250. The first kappa shape index (κ1) is 23.3. The molecule has 1 unspecified atom stereocenters. The van der Waals surface area contributed by atoms with Gasteiger partial charge in [0.25, 0.3) is 0 Å². The molecule has 37 heavy (non-hydrogen) atoms. The van der Waals surface area contributed by atoms with Crippen molar-refractivity contribution in [2.75, 3.05) is 43.0 Å². The third kappa shape index (κ3) is 4.70. The summed E-state index contributed by atoms with van der Waals surface area (Å²) in [5.74, 6) is 3.20. The molecule has 1 aromatic heterocycles. The van der Waals surface area contributed by atoms with Gasteiger partial charge in [-0.2, -0.15) is 5.10 Å². The summed E-state index contributed by atoms with van der Waals surface area (Å²) in [5, 5.41) is 14.1. The first-order valence-electron chi connectivity index (χ1n) is 12.8. The minimum Gasteiger partial charge on any atom is -0.488 e. The van der Waals surface area contributed by atoms with Crippen LogP contribution in [0.1, 0.15) is 18.9 Å². The third-order valence-corrected chi connectivity index (χ3v) is 6.78. The molecule has 0 saturated carbocycles. The van der Waals surface area contributed by atoms with Crippen molar-refractivity contribution in [2.45, 2.75) is 26.3 Å². The van der Waals surface area contributed by atoms with Crippen molar-refractivity contribution in [1.29, 1.82) is 0 Å². The number of anilines is 3. The molecule has 0 spiro atoms. The van der Waals surface area contributed by atoms with Crippen LogP contribution < -0.4 is 25.0 Å². The lowest BCUT2D eigenvalue weighted by atomic mass is 10.1. The maximum atomic E-state index is 6.29. The van der Waals surface area contributed by atoms with Crippen LogP contribution >= 0.6 is 0 Å². The molecule has 0 radical (unpaired) electrons. The molecule has 1 atom stereocenters. The van der Waals surface area contributed by atoms with Crippen molar-refractivity contribution >= 4 is 34.3 Å². The summed E-state index contributed by atoms with van der Waals surface area (Å²) in [6, 6.07) is 10.6. The summed E-state index contributed by atoms with van der Waals surface area (Å²) in [6.45, 7) is 8.29. The summed E-state index contributed by atoms with van der Waals surface area (Å²) in [7, 11) is 0. The van der Waals surface area contributed by atoms with Crippen molar-refractivity contribution < 1.29 is 9.47 Å². The van der Waals surface area contributed by atoms with E-state index in [1.807, 2.05) is 48.6 Å². The van der Waals surface area contributed by atoms with Crippen LogP contribution in [0, 0.1) is 6.92 Å². The average molecular weight is 498 g/mol. The predicted octanol–water partition coefficient (Wildman–Crippen LogP) is 4.34. The third-order valence-electron chi connectivity index (χ3n) is 6.78. The highest BCUT2D eigenvalue weighted by atomic mass is 16.5. The molecule has 0 aliphatic carbocycles. The molecule has 190 valence electrons. The smallest absolute Gasteiger partial charge is 0.155 e. The Morgan fingerprint density at radius 1 is 1.27 bits per heavy atom. The molecule has 3 aromatic rings. The predicted molar refractivity (Wildman–Crippen MR) is 147 cm³/mol. The SMILES string of the molecule is CC/C=N\N1C=CC(Oc2ccc(Nc3ncnc4ccc5c(c34)OCC3CNCCN53)cc2C)=CC1. The Kier molecular flexibility index (Phi) is 6.36. The number of ether oxygens (including phenoxy) is 2. The molecule has 9 nitrogen and oxygen atoms in total. The van der Waals surface area contributed by atoms with Gasteiger partial charge in [-0.25, -0.2) is 9.97 Å². The van der Waals surface area contributed by atoms with Crippen LogP contribution in [-0.4, -0.2) is 60.0 Å². The van der Waals surface area contributed by atoms with E-state index in [9.17, 15) is 0 Å². The van der Waals surface area contributed by atoms with Gasteiger partial charge in [0.2, 0.25) is 0 Å². The maximum absolute atomic E-state index is 6.29. The van der Waals surface area contributed by atoms with Crippen LogP contribution in [0.5, 0.6) is 11.5 Å². The van der Waals surface area contributed by atoms with Crippen LogP contribution in [0.2, 0.25) is 0 Å². The second-order valence-corrected chi connectivity index (χ2v) is 9.35. The molecular weight excluding hydrogens is 466 g/mol. The molecule has 4 heterocycles. The number of aryl methyl sites for hydroxylation is 1. The number of rotatable bonds is 6. The van der Waals surface area contributed by atoms with Gasteiger partial charge in [-0.15, -0.1) is 0 Å². The Hall–Kier alpha value is -4.11. The van der Waals surface area contributed by atoms with E-state index in [0.717, 1.165) is 77.0 Å². The van der Waals surface area contributed by atoms with Crippen LogP contribution in [0.4, 0.5) is 17.2 Å². The summed E-state index contributed by atoms with van der Waals surface area (Å²) < 4.78 is 12.4. The fraction of sp³-hybridized carbons (Fsp3) is 0.321. The van der Waals surface area contributed by atoms with E-state index in [0.29, 0.717) is 19.2 Å². The number of allylic oxidation sites excluding steroid dienone is 1. The lowest BCUT2D eigenvalue weighted by Crippen LogP contribution is -2.55. The molecule has 0 bridgehead atoms. The number of hydrazone groups is 1. The Morgan fingerprint density at radius 2 is 2.22 bits per heavy atom. The zero-order valence-corrected chi connectivity index (χ0v) is 21.1. The van der Waals surface area contributed by atoms with E-state index < -0.39 is 0 Å². The molecule has 6 rings (SSSR count). The molecule has 3 aliphatic heterocycles. The van der Waals surface area contributed by atoms with Gasteiger partial charge in [-0.3, -0.25) is 5.01 Å². The van der Waals surface area contributed by atoms with Crippen molar-refractivity contribution in [3.63, 3.8) is 0 Å². The lowest BCUT2D eigenvalue weighted by Gasteiger charge is -2.42. The van der Waals surface area contributed by atoms with Crippen molar-refractivity contribution in [3.05, 3.63) is 66.3 Å². The minimum atomic E-state index is 0.344. The first-order chi connectivity index (χ1) is 18.2. The molecule has 1 fully saturated rings. The van der Waals surface area contributed by atoms with Gasteiger partial charge in [0, 0.05) is 37.7 Å². The fourth-order valence-corrected chi connectivity index (χ4v) is 4.91. The number of nitrogens with zero attached hydrogens (tertiary/aromatic N) is 5. The van der Waals surface area contributed by atoms with Gasteiger partial charge < -0.3 is 25.0 Å². The second-order valence-electron chi connectivity index (χ2n) is 9.35. The summed E-state index contributed by atoms with van der Waals surface area (Å²) >= 11 is 0. The Labute approximate surface area is 216 Å². The van der Waals surface area contributed by atoms with Gasteiger partial charge in [0.1, 0.15) is 30.3 Å². The Balaban J connectivity index is 1.23. The topological polar surface area (TPSA) is 87.1 Å². The first-order valence-corrected chi connectivity index (χ1v) is 12.8. The fourth-order valence-electron chi connectivity index (χ4n) is 4.91. The van der Waals surface area contributed by atoms with Crippen LogP contribution in [0.15, 0.2) is 65.9 Å². The quantitative estimate of drug-likeness (QED) is 0.487. The van der Waals surface area contributed by atoms with E-state index in [2.05, 4.69) is 55.7 Å². The van der Waals surface area contributed by atoms with Crippen LogP contribution in [0.3, 0.4) is 0 Å². The number of nitrogens with one attached hydrogen (secondary N) is 2. The number of aromatic nitrogens is 2. The van der Waals surface area contributed by atoms with E-state index >= 15 is 0 Å². The number of hydrogen-bond donors (Lipinski definition) is 2. The molecule has 1 saturated heterocycles. The molecule has 2 N–H and O–H groups in total. The van der Waals surface area contributed by atoms with Crippen LogP contribution in [-0.2, 0) is 0 Å². The normalized spacial score (nSPS) is 18.9.